The molecule has 0 aromatic heterocycles. The molecule has 4 heteroatoms. The number of hydrogen-bond donors (Lipinski definition) is 1. The first-order valence-electron chi connectivity index (χ1n) is 6.53. The third-order valence-electron chi connectivity index (χ3n) is 3.78. The van der Waals surface area contributed by atoms with Gasteiger partial charge in [0.05, 0.1) is 6.10 Å². The smallest absolute Gasteiger partial charge is 0.127 e. The minimum Gasteiger partial charge on any atom is -0.376 e. The van der Waals surface area contributed by atoms with Gasteiger partial charge in [0.2, 0.25) is 0 Å². The van der Waals surface area contributed by atoms with Crippen LogP contribution in [0.25, 0.3) is 0 Å². The zero-order chi connectivity index (χ0) is 12.5. The Bertz CT molecular complexity index is 436. The Kier molecular flexibility index (Phi) is 3.68. The van der Waals surface area contributed by atoms with E-state index in [0.29, 0.717) is 24.3 Å². The number of rotatable bonds is 4. The molecular formula is C14H17BrFNO. The summed E-state index contributed by atoms with van der Waals surface area (Å²) in [5.74, 6) is 0.588. The van der Waals surface area contributed by atoms with Gasteiger partial charge in [-0.15, -0.1) is 0 Å². The highest BCUT2D eigenvalue weighted by atomic mass is 79.9. The van der Waals surface area contributed by atoms with Crippen molar-refractivity contribution in [3.8, 4) is 0 Å². The lowest BCUT2D eigenvalue weighted by Gasteiger charge is -2.19. The van der Waals surface area contributed by atoms with Gasteiger partial charge in [0.15, 0.2) is 0 Å². The minimum absolute atomic E-state index is 0.146. The number of benzene rings is 1. The topological polar surface area (TPSA) is 21.3 Å². The Balaban J connectivity index is 1.61. The van der Waals surface area contributed by atoms with Gasteiger partial charge in [0.25, 0.3) is 0 Å². The molecule has 1 aliphatic carbocycles. The van der Waals surface area contributed by atoms with Crippen molar-refractivity contribution in [2.45, 2.75) is 38.0 Å². The number of hydrogen-bond acceptors (Lipinski definition) is 2. The van der Waals surface area contributed by atoms with Crippen molar-refractivity contribution in [1.82, 2.24) is 5.32 Å². The summed E-state index contributed by atoms with van der Waals surface area (Å²) in [5.41, 5.74) is 0.714. The average molecular weight is 314 g/mol. The van der Waals surface area contributed by atoms with Gasteiger partial charge in [-0.3, -0.25) is 0 Å². The van der Waals surface area contributed by atoms with Crippen molar-refractivity contribution < 1.29 is 9.13 Å². The van der Waals surface area contributed by atoms with Crippen molar-refractivity contribution in [3.63, 3.8) is 0 Å². The lowest BCUT2D eigenvalue weighted by molar-refractivity contribution is 0.0808. The summed E-state index contributed by atoms with van der Waals surface area (Å²) in [4.78, 5) is 0. The molecular weight excluding hydrogens is 297 g/mol. The number of nitrogens with one attached hydrogen (secondary N) is 1. The quantitative estimate of drug-likeness (QED) is 0.921. The van der Waals surface area contributed by atoms with Crippen LogP contribution in [0.3, 0.4) is 0 Å². The second-order valence-electron chi connectivity index (χ2n) is 5.18. The van der Waals surface area contributed by atoms with Crippen LogP contribution in [0.15, 0.2) is 22.7 Å². The van der Waals surface area contributed by atoms with Crippen molar-refractivity contribution in [2.75, 3.05) is 6.61 Å². The standard InChI is InChI=1S/C14H17BrFNO/c15-11-3-4-12(16)10(7-11)8-17-13-5-6-18-14(13)9-1-2-9/h3-4,7,9,13-14,17H,1-2,5-6,8H2. The normalized spacial score (nSPS) is 27.7. The van der Waals surface area contributed by atoms with Gasteiger partial charge in [-0.05, 0) is 43.4 Å². The predicted octanol–water partition coefficient (Wildman–Crippen LogP) is 3.25. The van der Waals surface area contributed by atoms with Crippen LogP contribution in [-0.2, 0) is 11.3 Å². The summed E-state index contributed by atoms with van der Waals surface area (Å²) in [7, 11) is 0. The third kappa shape index (κ3) is 2.76. The van der Waals surface area contributed by atoms with Crippen LogP contribution in [0, 0.1) is 11.7 Å². The summed E-state index contributed by atoms with van der Waals surface area (Å²) in [6.07, 6.45) is 3.96. The summed E-state index contributed by atoms with van der Waals surface area (Å²) in [6, 6.07) is 5.45. The molecule has 1 saturated carbocycles. The molecule has 2 unspecified atom stereocenters. The fraction of sp³-hybridized carbons (Fsp3) is 0.571. The first-order chi connectivity index (χ1) is 8.74. The summed E-state index contributed by atoms with van der Waals surface area (Å²) < 4.78 is 20.3. The molecule has 0 bridgehead atoms. The summed E-state index contributed by atoms with van der Waals surface area (Å²) in [6.45, 7) is 1.41. The van der Waals surface area contributed by atoms with Crippen LogP contribution in [0.4, 0.5) is 4.39 Å². The second-order valence-corrected chi connectivity index (χ2v) is 6.10. The van der Waals surface area contributed by atoms with Crippen molar-refractivity contribution in [1.29, 1.82) is 0 Å². The van der Waals surface area contributed by atoms with Crippen LogP contribution in [0.5, 0.6) is 0 Å². The first kappa shape index (κ1) is 12.6. The molecule has 1 heterocycles. The highest BCUT2D eigenvalue weighted by Gasteiger charge is 2.40. The van der Waals surface area contributed by atoms with Gasteiger partial charge < -0.3 is 10.1 Å². The van der Waals surface area contributed by atoms with Crippen molar-refractivity contribution in [3.05, 3.63) is 34.1 Å². The summed E-state index contributed by atoms with van der Waals surface area (Å²) in [5, 5.41) is 3.45. The summed E-state index contributed by atoms with van der Waals surface area (Å²) >= 11 is 3.38. The van der Waals surface area contributed by atoms with Crippen molar-refractivity contribution >= 4 is 15.9 Å². The maximum atomic E-state index is 13.6. The van der Waals surface area contributed by atoms with Crippen LogP contribution in [0.1, 0.15) is 24.8 Å². The van der Waals surface area contributed by atoms with E-state index in [9.17, 15) is 4.39 Å². The van der Waals surface area contributed by atoms with E-state index in [1.165, 1.54) is 18.9 Å². The Morgan fingerprint density at radius 2 is 2.17 bits per heavy atom. The highest BCUT2D eigenvalue weighted by Crippen LogP contribution is 2.38. The van der Waals surface area contributed by atoms with E-state index < -0.39 is 0 Å². The molecule has 2 fully saturated rings. The number of halogens is 2. The van der Waals surface area contributed by atoms with E-state index in [1.54, 1.807) is 6.07 Å². The molecule has 2 atom stereocenters. The fourth-order valence-corrected chi connectivity index (χ4v) is 3.05. The molecule has 3 rings (SSSR count). The zero-order valence-corrected chi connectivity index (χ0v) is 11.7. The SMILES string of the molecule is Fc1ccc(Br)cc1CNC1CCOC1C1CC1. The van der Waals surface area contributed by atoms with Crippen LogP contribution in [-0.4, -0.2) is 18.8 Å². The van der Waals surface area contributed by atoms with E-state index >= 15 is 0 Å². The molecule has 2 aliphatic rings. The first-order valence-corrected chi connectivity index (χ1v) is 7.32. The lowest BCUT2D eigenvalue weighted by atomic mass is 10.1. The average Bonchev–Trinajstić information content (AvgIpc) is 3.10. The molecule has 1 N–H and O–H groups in total. The molecule has 1 aliphatic heterocycles. The monoisotopic (exact) mass is 313 g/mol. The van der Waals surface area contributed by atoms with Gasteiger partial charge >= 0.3 is 0 Å². The van der Waals surface area contributed by atoms with Crippen LogP contribution < -0.4 is 5.32 Å². The highest BCUT2D eigenvalue weighted by molar-refractivity contribution is 9.10. The van der Waals surface area contributed by atoms with Crippen LogP contribution >= 0.6 is 15.9 Å². The molecule has 2 nitrogen and oxygen atoms in total. The Morgan fingerprint density at radius 3 is 2.94 bits per heavy atom. The molecule has 1 aromatic rings. The largest absolute Gasteiger partial charge is 0.376 e. The third-order valence-corrected chi connectivity index (χ3v) is 4.28. The minimum atomic E-state index is -0.146. The molecule has 0 radical (unpaired) electrons. The molecule has 0 spiro atoms. The van der Waals surface area contributed by atoms with Gasteiger partial charge in [-0.1, -0.05) is 15.9 Å². The predicted molar refractivity (Wildman–Crippen MR) is 71.8 cm³/mol. The van der Waals surface area contributed by atoms with Gasteiger partial charge in [-0.25, -0.2) is 4.39 Å². The fourth-order valence-electron chi connectivity index (χ4n) is 2.64. The van der Waals surface area contributed by atoms with Gasteiger partial charge in [0, 0.05) is 29.2 Å². The maximum absolute atomic E-state index is 13.6. The number of ether oxygens (including phenoxy) is 1. The van der Waals surface area contributed by atoms with Gasteiger partial charge in [-0.2, -0.15) is 0 Å². The molecule has 1 saturated heterocycles. The molecule has 1 aromatic carbocycles. The maximum Gasteiger partial charge on any atom is 0.127 e. The van der Waals surface area contributed by atoms with Crippen molar-refractivity contribution in [2.24, 2.45) is 5.92 Å². The molecule has 0 amide bonds. The van der Waals surface area contributed by atoms with E-state index in [4.69, 9.17) is 4.74 Å². The molecule has 18 heavy (non-hydrogen) atoms. The second kappa shape index (κ2) is 5.27. The zero-order valence-electron chi connectivity index (χ0n) is 10.2. The Labute approximate surface area is 115 Å². The Hall–Kier alpha value is -0.450. The molecule has 98 valence electrons. The van der Waals surface area contributed by atoms with E-state index in [2.05, 4.69) is 21.2 Å². The Morgan fingerprint density at radius 1 is 1.33 bits per heavy atom. The van der Waals surface area contributed by atoms with Gasteiger partial charge in [0.1, 0.15) is 5.82 Å². The van der Waals surface area contributed by atoms with E-state index in [0.717, 1.165) is 23.4 Å². The van der Waals surface area contributed by atoms with Crippen LogP contribution in [0.2, 0.25) is 0 Å². The van der Waals surface area contributed by atoms with E-state index in [-0.39, 0.29) is 5.82 Å². The van der Waals surface area contributed by atoms with E-state index in [1.807, 2.05) is 6.07 Å². The lowest BCUT2D eigenvalue weighted by Crippen LogP contribution is -2.37.